The molecular formula is C16H21N5O. The van der Waals surface area contributed by atoms with Crippen LogP contribution in [0.5, 0.6) is 0 Å². The van der Waals surface area contributed by atoms with E-state index >= 15 is 0 Å². The Morgan fingerprint density at radius 2 is 2.23 bits per heavy atom. The van der Waals surface area contributed by atoms with E-state index in [1.165, 1.54) is 5.56 Å². The van der Waals surface area contributed by atoms with Gasteiger partial charge in [-0.3, -0.25) is 14.9 Å². The number of aromatic nitrogens is 3. The summed E-state index contributed by atoms with van der Waals surface area (Å²) in [6.07, 6.45) is 5.39. The van der Waals surface area contributed by atoms with Gasteiger partial charge in [-0.25, -0.2) is 4.98 Å². The number of aryl methyl sites for hydroxylation is 1. The molecule has 2 aromatic rings. The summed E-state index contributed by atoms with van der Waals surface area (Å²) in [4.78, 5) is 15.5. The molecule has 2 aromatic heterocycles. The fourth-order valence-electron chi connectivity index (χ4n) is 2.63. The van der Waals surface area contributed by atoms with Gasteiger partial charge < -0.3 is 10.1 Å². The molecule has 0 unspecified atom stereocenters. The Morgan fingerprint density at radius 1 is 1.32 bits per heavy atom. The van der Waals surface area contributed by atoms with Crippen molar-refractivity contribution in [2.45, 2.75) is 19.6 Å². The molecule has 3 heterocycles. The lowest BCUT2D eigenvalue weighted by atomic mass is 10.1. The lowest BCUT2D eigenvalue weighted by molar-refractivity contribution is -0.0351. The molecule has 1 aliphatic rings. The number of pyridine rings is 1. The van der Waals surface area contributed by atoms with Gasteiger partial charge in [0.15, 0.2) is 0 Å². The van der Waals surface area contributed by atoms with Crippen LogP contribution in [0.15, 0.2) is 30.7 Å². The molecule has 6 heteroatoms. The number of hydrogen-bond donors (Lipinski definition) is 1. The highest BCUT2D eigenvalue weighted by Crippen LogP contribution is 2.22. The Morgan fingerprint density at radius 3 is 3.00 bits per heavy atom. The highest BCUT2D eigenvalue weighted by atomic mass is 16.5. The average molecular weight is 299 g/mol. The van der Waals surface area contributed by atoms with Crippen molar-refractivity contribution in [3.8, 4) is 0 Å². The van der Waals surface area contributed by atoms with Gasteiger partial charge in [-0.15, -0.1) is 0 Å². The van der Waals surface area contributed by atoms with E-state index in [9.17, 15) is 0 Å². The van der Waals surface area contributed by atoms with E-state index in [2.05, 4.69) is 31.2 Å². The molecule has 1 aliphatic heterocycles. The van der Waals surface area contributed by atoms with Gasteiger partial charge in [-0.05, 0) is 13.0 Å². The predicted octanol–water partition coefficient (Wildman–Crippen LogP) is 1.80. The van der Waals surface area contributed by atoms with Gasteiger partial charge >= 0.3 is 0 Å². The van der Waals surface area contributed by atoms with Crippen LogP contribution in [0.3, 0.4) is 0 Å². The lowest BCUT2D eigenvalue weighted by Gasteiger charge is -2.32. The Labute approximate surface area is 130 Å². The Bertz CT molecular complexity index is 616. The highest BCUT2D eigenvalue weighted by Gasteiger charge is 2.23. The lowest BCUT2D eigenvalue weighted by Crippen LogP contribution is -2.38. The molecule has 116 valence electrons. The molecule has 0 aliphatic carbocycles. The van der Waals surface area contributed by atoms with E-state index in [-0.39, 0.29) is 6.10 Å². The molecule has 6 nitrogen and oxygen atoms in total. The normalized spacial score (nSPS) is 19.1. The SMILES string of the molecule is CNc1ncccc1CN1CCO[C@@H](c2cnc(C)cn2)C1. The summed E-state index contributed by atoms with van der Waals surface area (Å²) in [6.45, 7) is 5.22. The van der Waals surface area contributed by atoms with Crippen molar-refractivity contribution in [1.82, 2.24) is 19.9 Å². The van der Waals surface area contributed by atoms with E-state index in [0.29, 0.717) is 6.61 Å². The quantitative estimate of drug-likeness (QED) is 0.929. The largest absolute Gasteiger partial charge is 0.373 e. The Kier molecular flexibility index (Phi) is 4.60. The third kappa shape index (κ3) is 3.40. The van der Waals surface area contributed by atoms with Crippen molar-refractivity contribution >= 4 is 5.82 Å². The third-order valence-electron chi connectivity index (χ3n) is 3.80. The minimum absolute atomic E-state index is 0.0171. The summed E-state index contributed by atoms with van der Waals surface area (Å²) in [5.41, 5.74) is 3.02. The van der Waals surface area contributed by atoms with Crippen LogP contribution in [-0.4, -0.2) is 46.6 Å². The molecule has 0 saturated carbocycles. The van der Waals surface area contributed by atoms with Crippen LogP contribution in [0.2, 0.25) is 0 Å². The van der Waals surface area contributed by atoms with Crippen LogP contribution in [0.1, 0.15) is 23.1 Å². The summed E-state index contributed by atoms with van der Waals surface area (Å²) in [5, 5.41) is 3.14. The van der Waals surface area contributed by atoms with Gasteiger partial charge in [-0.1, -0.05) is 6.07 Å². The van der Waals surface area contributed by atoms with Gasteiger partial charge in [0.05, 0.1) is 24.2 Å². The van der Waals surface area contributed by atoms with Gasteiger partial charge in [0, 0.05) is 44.6 Å². The van der Waals surface area contributed by atoms with Crippen molar-refractivity contribution < 1.29 is 4.74 Å². The van der Waals surface area contributed by atoms with Gasteiger partial charge in [0.1, 0.15) is 11.9 Å². The number of hydrogen-bond acceptors (Lipinski definition) is 6. The molecule has 1 fully saturated rings. The van der Waals surface area contributed by atoms with E-state index in [0.717, 1.165) is 36.8 Å². The van der Waals surface area contributed by atoms with Crippen molar-refractivity contribution in [2.24, 2.45) is 0 Å². The van der Waals surface area contributed by atoms with E-state index in [4.69, 9.17) is 4.74 Å². The van der Waals surface area contributed by atoms with Gasteiger partial charge in [0.25, 0.3) is 0 Å². The van der Waals surface area contributed by atoms with Crippen LogP contribution in [0.25, 0.3) is 0 Å². The standard InChI is InChI=1S/C16H21N5O/c1-12-8-20-14(9-19-12)15-11-21(6-7-22-15)10-13-4-3-5-18-16(13)17-2/h3-5,8-9,15H,6-7,10-11H2,1-2H3,(H,17,18)/t15-/m1/s1. The number of nitrogens with one attached hydrogen (secondary N) is 1. The zero-order chi connectivity index (χ0) is 15.4. The number of rotatable bonds is 4. The minimum atomic E-state index is -0.0171. The fraction of sp³-hybridized carbons (Fsp3) is 0.438. The number of nitrogens with zero attached hydrogens (tertiary/aromatic N) is 4. The second-order valence-electron chi connectivity index (χ2n) is 5.44. The topological polar surface area (TPSA) is 63.2 Å². The molecule has 1 saturated heterocycles. The zero-order valence-electron chi connectivity index (χ0n) is 13.0. The maximum Gasteiger partial charge on any atom is 0.130 e. The summed E-state index contributed by atoms with van der Waals surface area (Å²) in [7, 11) is 1.90. The fourth-order valence-corrected chi connectivity index (χ4v) is 2.63. The van der Waals surface area contributed by atoms with E-state index in [1.54, 1.807) is 12.4 Å². The number of ether oxygens (including phenoxy) is 1. The summed E-state index contributed by atoms with van der Waals surface area (Å²) >= 11 is 0. The average Bonchev–Trinajstić information content (AvgIpc) is 2.56. The summed E-state index contributed by atoms with van der Waals surface area (Å²) in [5.74, 6) is 0.931. The van der Waals surface area contributed by atoms with E-state index < -0.39 is 0 Å². The highest BCUT2D eigenvalue weighted by molar-refractivity contribution is 5.42. The van der Waals surface area contributed by atoms with Gasteiger partial charge in [0.2, 0.25) is 0 Å². The predicted molar refractivity (Wildman–Crippen MR) is 84.5 cm³/mol. The molecular weight excluding hydrogens is 278 g/mol. The molecule has 3 rings (SSSR count). The van der Waals surface area contributed by atoms with Crippen LogP contribution >= 0.6 is 0 Å². The molecule has 0 radical (unpaired) electrons. The van der Waals surface area contributed by atoms with Crippen molar-refractivity contribution in [1.29, 1.82) is 0 Å². The molecule has 0 amide bonds. The van der Waals surface area contributed by atoms with Crippen LogP contribution < -0.4 is 5.32 Å². The second-order valence-corrected chi connectivity index (χ2v) is 5.44. The third-order valence-corrected chi connectivity index (χ3v) is 3.80. The summed E-state index contributed by atoms with van der Waals surface area (Å²) in [6, 6.07) is 4.08. The Balaban J connectivity index is 1.69. The van der Waals surface area contributed by atoms with Crippen LogP contribution in [0.4, 0.5) is 5.82 Å². The molecule has 0 bridgehead atoms. The number of anilines is 1. The first kappa shape index (κ1) is 14.9. The first-order valence-electron chi connectivity index (χ1n) is 7.50. The maximum atomic E-state index is 5.85. The molecule has 0 aromatic carbocycles. The first-order chi connectivity index (χ1) is 10.8. The van der Waals surface area contributed by atoms with Crippen molar-refractivity contribution in [2.75, 3.05) is 32.1 Å². The number of morpholine rings is 1. The Hall–Kier alpha value is -2.05. The van der Waals surface area contributed by atoms with Crippen molar-refractivity contribution in [3.63, 3.8) is 0 Å². The first-order valence-corrected chi connectivity index (χ1v) is 7.50. The molecule has 22 heavy (non-hydrogen) atoms. The smallest absolute Gasteiger partial charge is 0.130 e. The van der Waals surface area contributed by atoms with Gasteiger partial charge in [-0.2, -0.15) is 0 Å². The monoisotopic (exact) mass is 299 g/mol. The van der Waals surface area contributed by atoms with E-state index in [1.807, 2.05) is 26.2 Å². The maximum absolute atomic E-state index is 5.85. The van der Waals surface area contributed by atoms with Crippen LogP contribution in [0, 0.1) is 6.92 Å². The zero-order valence-corrected chi connectivity index (χ0v) is 13.0. The minimum Gasteiger partial charge on any atom is -0.373 e. The summed E-state index contributed by atoms with van der Waals surface area (Å²) < 4.78 is 5.85. The van der Waals surface area contributed by atoms with Crippen LogP contribution in [-0.2, 0) is 11.3 Å². The van der Waals surface area contributed by atoms with Crippen molar-refractivity contribution in [3.05, 3.63) is 47.7 Å². The second kappa shape index (κ2) is 6.81. The molecule has 1 N–H and O–H groups in total. The molecule has 0 spiro atoms. The molecule has 1 atom stereocenters.